The third-order valence-corrected chi connectivity index (χ3v) is 4.69. The van der Waals surface area contributed by atoms with Gasteiger partial charge in [-0.25, -0.2) is 18.1 Å². The highest BCUT2D eigenvalue weighted by molar-refractivity contribution is 7.92. The van der Waals surface area contributed by atoms with Crippen molar-refractivity contribution in [3.8, 4) is 0 Å². The normalized spacial score (nSPS) is 11.3. The average Bonchev–Trinajstić information content (AvgIpc) is 2.48. The van der Waals surface area contributed by atoms with E-state index in [-0.39, 0.29) is 10.8 Å². The quantitative estimate of drug-likeness (QED) is 0.783. The molecule has 1 aromatic heterocycles. The van der Waals surface area contributed by atoms with Crippen molar-refractivity contribution in [2.24, 2.45) is 0 Å². The zero-order chi connectivity index (χ0) is 17.0. The predicted octanol–water partition coefficient (Wildman–Crippen LogP) is 2.01. The molecule has 23 heavy (non-hydrogen) atoms. The fourth-order valence-corrected chi connectivity index (χ4v) is 3.08. The first-order chi connectivity index (χ1) is 10.9. The largest absolute Gasteiger partial charge is 0.399 e. The predicted molar refractivity (Wildman–Crippen MR) is 92.0 cm³/mol. The lowest BCUT2D eigenvalue weighted by Gasteiger charge is -2.20. The SMILES string of the molecule is CCN(CC)c1cc(C)nc(NS(=O)(=O)c2ccc(N)cc2)n1. The van der Waals surface area contributed by atoms with Crippen LogP contribution in [0.1, 0.15) is 19.5 Å². The second-order valence-corrected chi connectivity index (χ2v) is 6.72. The second-order valence-electron chi connectivity index (χ2n) is 5.04. The number of aromatic nitrogens is 2. The Morgan fingerprint density at radius 3 is 2.30 bits per heavy atom. The molecule has 0 aliphatic heterocycles. The van der Waals surface area contributed by atoms with Crippen LogP contribution in [0.5, 0.6) is 0 Å². The Labute approximate surface area is 136 Å². The van der Waals surface area contributed by atoms with E-state index < -0.39 is 10.0 Å². The fourth-order valence-electron chi connectivity index (χ4n) is 2.13. The van der Waals surface area contributed by atoms with Gasteiger partial charge >= 0.3 is 0 Å². The van der Waals surface area contributed by atoms with Crippen molar-refractivity contribution in [1.29, 1.82) is 0 Å². The Kier molecular flexibility index (Phi) is 5.05. The molecule has 2 aromatic rings. The highest BCUT2D eigenvalue weighted by Gasteiger charge is 2.17. The highest BCUT2D eigenvalue weighted by Crippen LogP contribution is 2.18. The molecule has 0 saturated heterocycles. The first-order valence-electron chi connectivity index (χ1n) is 7.34. The Morgan fingerprint density at radius 1 is 1.13 bits per heavy atom. The maximum Gasteiger partial charge on any atom is 0.264 e. The maximum atomic E-state index is 12.4. The maximum absolute atomic E-state index is 12.4. The van der Waals surface area contributed by atoms with Crippen LogP contribution < -0.4 is 15.4 Å². The minimum absolute atomic E-state index is 0.0590. The molecule has 8 heteroatoms. The summed E-state index contributed by atoms with van der Waals surface area (Å²) in [6, 6.07) is 7.78. The minimum atomic E-state index is -3.75. The number of rotatable bonds is 6. The van der Waals surface area contributed by atoms with Crippen molar-refractivity contribution < 1.29 is 8.42 Å². The van der Waals surface area contributed by atoms with Crippen molar-refractivity contribution in [1.82, 2.24) is 9.97 Å². The van der Waals surface area contributed by atoms with Gasteiger partial charge in [0.05, 0.1) is 4.90 Å². The van der Waals surface area contributed by atoms with Crippen molar-refractivity contribution in [2.45, 2.75) is 25.7 Å². The summed E-state index contributed by atoms with van der Waals surface area (Å²) < 4.78 is 27.2. The van der Waals surface area contributed by atoms with E-state index in [0.29, 0.717) is 17.2 Å². The van der Waals surface area contributed by atoms with Gasteiger partial charge < -0.3 is 10.6 Å². The zero-order valence-electron chi connectivity index (χ0n) is 13.4. The molecule has 124 valence electrons. The number of anilines is 3. The standard InChI is InChI=1S/C15H21N5O2S/c1-4-20(5-2)14-10-11(3)17-15(18-14)19-23(21,22)13-8-6-12(16)7-9-13/h6-10H,4-5,16H2,1-3H3,(H,17,18,19). The molecule has 3 N–H and O–H groups in total. The summed E-state index contributed by atoms with van der Waals surface area (Å²) in [5, 5.41) is 0. The Hall–Kier alpha value is -2.35. The third kappa shape index (κ3) is 4.10. The summed E-state index contributed by atoms with van der Waals surface area (Å²) in [5.74, 6) is 0.751. The van der Waals surface area contributed by atoms with Gasteiger partial charge in [-0.15, -0.1) is 0 Å². The van der Waals surface area contributed by atoms with Gasteiger partial charge in [-0.3, -0.25) is 0 Å². The van der Waals surface area contributed by atoms with Gasteiger partial charge in [0.15, 0.2) is 0 Å². The van der Waals surface area contributed by atoms with E-state index in [1.165, 1.54) is 24.3 Å². The summed E-state index contributed by atoms with van der Waals surface area (Å²) >= 11 is 0. The molecule has 0 spiro atoms. The van der Waals surface area contributed by atoms with Crippen LogP contribution in [0.4, 0.5) is 17.5 Å². The van der Waals surface area contributed by atoms with Gasteiger partial charge in [0.1, 0.15) is 5.82 Å². The van der Waals surface area contributed by atoms with Crippen molar-refractivity contribution in [3.05, 3.63) is 36.0 Å². The molecular formula is C15H21N5O2S. The van der Waals surface area contributed by atoms with E-state index in [1.54, 1.807) is 6.92 Å². The molecule has 7 nitrogen and oxygen atoms in total. The van der Waals surface area contributed by atoms with Gasteiger partial charge in [-0.05, 0) is 45.0 Å². The van der Waals surface area contributed by atoms with Crippen LogP contribution in [0.3, 0.4) is 0 Å². The molecule has 1 aromatic carbocycles. The lowest BCUT2D eigenvalue weighted by Crippen LogP contribution is -2.24. The minimum Gasteiger partial charge on any atom is -0.399 e. The number of nitrogens with zero attached hydrogens (tertiary/aromatic N) is 3. The van der Waals surface area contributed by atoms with Crippen LogP contribution in [0.2, 0.25) is 0 Å². The molecule has 0 radical (unpaired) electrons. The summed E-state index contributed by atoms with van der Waals surface area (Å²) in [4.78, 5) is 10.6. The molecule has 0 amide bonds. The van der Waals surface area contributed by atoms with Crippen LogP contribution in [0.15, 0.2) is 35.2 Å². The molecular weight excluding hydrogens is 314 g/mol. The molecule has 0 fully saturated rings. The summed E-state index contributed by atoms with van der Waals surface area (Å²) in [6.45, 7) is 7.38. The first kappa shape index (κ1) is 17.0. The second kappa shape index (κ2) is 6.82. The number of nitrogen functional groups attached to an aromatic ring is 1. The van der Waals surface area contributed by atoms with E-state index >= 15 is 0 Å². The number of hydrogen-bond acceptors (Lipinski definition) is 6. The van der Waals surface area contributed by atoms with E-state index in [1.807, 2.05) is 24.8 Å². The van der Waals surface area contributed by atoms with E-state index in [0.717, 1.165) is 13.1 Å². The fraction of sp³-hybridized carbons (Fsp3) is 0.333. The molecule has 0 atom stereocenters. The Balaban J connectivity index is 2.33. The number of nitrogens with one attached hydrogen (secondary N) is 1. The van der Waals surface area contributed by atoms with Crippen molar-refractivity contribution >= 4 is 27.5 Å². The van der Waals surface area contributed by atoms with E-state index in [2.05, 4.69) is 14.7 Å². The topological polar surface area (TPSA) is 101 Å². The van der Waals surface area contributed by atoms with E-state index in [9.17, 15) is 8.42 Å². The van der Waals surface area contributed by atoms with Crippen LogP contribution in [-0.4, -0.2) is 31.5 Å². The smallest absolute Gasteiger partial charge is 0.264 e. The lowest BCUT2D eigenvalue weighted by atomic mass is 10.3. The zero-order valence-corrected chi connectivity index (χ0v) is 14.3. The third-order valence-electron chi connectivity index (χ3n) is 3.34. The Bertz CT molecular complexity index is 771. The summed E-state index contributed by atoms with van der Waals surface area (Å²) in [5.41, 5.74) is 6.77. The number of benzene rings is 1. The van der Waals surface area contributed by atoms with Crippen LogP contribution in [0.25, 0.3) is 0 Å². The van der Waals surface area contributed by atoms with Gasteiger partial charge in [-0.2, -0.15) is 4.98 Å². The number of sulfonamides is 1. The lowest BCUT2D eigenvalue weighted by molar-refractivity contribution is 0.601. The van der Waals surface area contributed by atoms with Gasteiger partial charge in [0.2, 0.25) is 5.95 Å². The first-order valence-corrected chi connectivity index (χ1v) is 8.83. The molecule has 0 bridgehead atoms. The van der Waals surface area contributed by atoms with Crippen LogP contribution in [0, 0.1) is 6.92 Å². The number of hydrogen-bond donors (Lipinski definition) is 2. The molecule has 2 rings (SSSR count). The van der Waals surface area contributed by atoms with Crippen LogP contribution >= 0.6 is 0 Å². The molecule has 0 aliphatic carbocycles. The summed E-state index contributed by atoms with van der Waals surface area (Å²) in [7, 11) is -3.75. The van der Waals surface area contributed by atoms with Gasteiger partial charge in [0.25, 0.3) is 10.0 Å². The van der Waals surface area contributed by atoms with Gasteiger partial charge in [0, 0.05) is 30.5 Å². The van der Waals surface area contributed by atoms with Crippen LogP contribution in [-0.2, 0) is 10.0 Å². The highest BCUT2D eigenvalue weighted by atomic mass is 32.2. The number of aryl methyl sites for hydroxylation is 1. The molecule has 0 unspecified atom stereocenters. The summed E-state index contributed by atoms with van der Waals surface area (Å²) in [6.07, 6.45) is 0. The molecule has 0 saturated carbocycles. The number of nitrogens with two attached hydrogens (primary N) is 1. The average molecular weight is 335 g/mol. The monoisotopic (exact) mass is 335 g/mol. The molecule has 1 heterocycles. The van der Waals surface area contributed by atoms with Crippen molar-refractivity contribution in [3.63, 3.8) is 0 Å². The van der Waals surface area contributed by atoms with Gasteiger partial charge in [-0.1, -0.05) is 0 Å². The molecule has 0 aliphatic rings. The van der Waals surface area contributed by atoms with E-state index in [4.69, 9.17) is 5.73 Å². The van der Waals surface area contributed by atoms with Crippen molar-refractivity contribution in [2.75, 3.05) is 28.4 Å². The Morgan fingerprint density at radius 2 is 1.74 bits per heavy atom.